The van der Waals surface area contributed by atoms with E-state index < -0.39 is 0 Å². The van der Waals surface area contributed by atoms with Crippen molar-refractivity contribution in [2.45, 2.75) is 25.1 Å². The second-order valence-corrected chi connectivity index (χ2v) is 6.06. The van der Waals surface area contributed by atoms with Gasteiger partial charge in [-0.2, -0.15) is 11.8 Å². The number of thioether (sulfide) groups is 1. The van der Waals surface area contributed by atoms with E-state index in [2.05, 4.69) is 39.8 Å². The minimum absolute atomic E-state index is 0.505. The standard InChI is InChI=1S/C13H16N4S/c1-9-10(2)18-8-7-17(9)12-4-3-11-13(16-12)15-6-5-14-11/h3-6,9-10H,7-8H2,1-2H3. The average molecular weight is 260 g/mol. The van der Waals surface area contributed by atoms with Gasteiger partial charge in [0, 0.05) is 36.0 Å². The van der Waals surface area contributed by atoms with E-state index in [1.54, 1.807) is 12.4 Å². The van der Waals surface area contributed by atoms with Crippen molar-refractivity contribution in [2.24, 2.45) is 0 Å². The monoisotopic (exact) mass is 260 g/mol. The molecular weight excluding hydrogens is 244 g/mol. The number of rotatable bonds is 1. The molecule has 3 rings (SSSR count). The minimum Gasteiger partial charge on any atom is -0.352 e. The van der Waals surface area contributed by atoms with E-state index in [1.165, 1.54) is 0 Å². The summed E-state index contributed by atoms with van der Waals surface area (Å²) >= 11 is 2.03. The van der Waals surface area contributed by atoms with Crippen LogP contribution in [0.15, 0.2) is 24.5 Å². The van der Waals surface area contributed by atoms with Gasteiger partial charge in [0.2, 0.25) is 0 Å². The summed E-state index contributed by atoms with van der Waals surface area (Å²) in [7, 11) is 0. The van der Waals surface area contributed by atoms with Crippen molar-refractivity contribution in [2.75, 3.05) is 17.2 Å². The molecule has 0 radical (unpaired) electrons. The maximum atomic E-state index is 4.63. The molecule has 1 fully saturated rings. The van der Waals surface area contributed by atoms with Crippen LogP contribution in [0.2, 0.25) is 0 Å². The van der Waals surface area contributed by atoms with Crippen LogP contribution in [0.4, 0.5) is 5.82 Å². The predicted octanol–water partition coefficient (Wildman–Crippen LogP) is 2.36. The Morgan fingerprint density at radius 2 is 2.06 bits per heavy atom. The molecule has 0 N–H and O–H groups in total. The minimum atomic E-state index is 0.505. The zero-order valence-corrected chi connectivity index (χ0v) is 11.4. The number of nitrogens with zero attached hydrogens (tertiary/aromatic N) is 4. The first-order valence-electron chi connectivity index (χ1n) is 6.22. The first-order valence-corrected chi connectivity index (χ1v) is 7.26. The van der Waals surface area contributed by atoms with Gasteiger partial charge in [0.1, 0.15) is 11.3 Å². The number of pyridine rings is 1. The van der Waals surface area contributed by atoms with Gasteiger partial charge < -0.3 is 4.90 Å². The van der Waals surface area contributed by atoms with Crippen LogP contribution in [-0.4, -0.2) is 38.5 Å². The van der Waals surface area contributed by atoms with Gasteiger partial charge in [-0.3, -0.25) is 4.98 Å². The fourth-order valence-corrected chi connectivity index (χ4v) is 3.36. The van der Waals surface area contributed by atoms with Crippen LogP contribution in [0, 0.1) is 0 Å². The van der Waals surface area contributed by atoms with E-state index in [4.69, 9.17) is 0 Å². The largest absolute Gasteiger partial charge is 0.352 e. The Morgan fingerprint density at radius 1 is 1.22 bits per heavy atom. The fraction of sp³-hybridized carbons (Fsp3) is 0.462. The molecule has 2 aromatic rings. The number of hydrogen-bond acceptors (Lipinski definition) is 5. The molecule has 1 saturated heterocycles. The van der Waals surface area contributed by atoms with Gasteiger partial charge in [-0.25, -0.2) is 9.97 Å². The average Bonchev–Trinajstić information content (AvgIpc) is 2.41. The van der Waals surface area contributed by atoms with Gasteiger partial charge in [-0.15, -0.1) is 0 Å². The first kappa shape index (κ1) is 11.7. The molecule has 94 valence electrons. The van der Waals surface area contributed by atoms with E-state index in [0.29, 0.717) is 11.3 Å². The Balaban J connectivity index is 1.98. The van der Waals surface area contributed by atoms with Crippen molar-refractivity contribution >= 4 is 28.7 Å². The van der Waals surface area contributed by atoms with Crippen molar-refractivity contribution < 1.29 is 0 Å². The van der Waals surface area contributed by atoms with E-state index >= 15 is 0 Å². The summed E-state index contributed by atoms with van der Waals surface area (Å²) in [6, 6.07) is 4.56. The van der Waals surface area contributed by atoms with Gasteiger partial charge in [0.25, 0.3) is 0 Å². The van der Waals surface area contributed by atoms with E-state index in [0.717, 1.165) is 29.3 Å². The zero-order chi connectivity index (χ0) is 12.5. The quantitative estimate of drug-likeness (QED) is 0.787. The highest BCUT2D eigenvalue weighted by Crippen LogP contribution is 2.28. The molecule has 0 aliphatic carbocycles. The van der Waals surface area contributed by atoms with Crippen molar-refractivity contribution in [3.05, 3.63) is 24.5 Å². The lowest BCUT2D eigenvalue weighted by Crippen LogP contribution is -2.45. The van der Waals surface area contributed by atoms with Gasteiger partial charge in [0.15, 0.2) is 5.65 Å². The van der Waals surface area contributed by atoms with E-state index in [1.807, 2.05) is 17.8 Å². The number of aromatic nitrogens is 3. The molecule has 0 bridgehead atoms. The van der Waals surface area contributed by atoms with Crippen LogP contribution < -0.4 is 4.90 Å². The summed E-state index contributed by atoms with van der Waals surface area (Å²) in [4.78, 5) is 15.5. The maximum absolute atomic E-state index is 4.63. The lowest BCUT2D eigenvalue weighted by atomic mass is 10.2. The summed E-state index contributed by atoms with van der Waals surface area (Å²) in [5.74, 6) is 2.17. The highest BCUT2D eigenvalue weighted by Gasteiger charge is 2.26. The molecule has 5 heteroatoms. The van der Waals surface area contributed by atoms with Gasteiger partial charge >= 0.3 is 0 Å². The molecule has 1 aliphatic rings. The third-order valence-corrected chi connectivity index (χ3v) is 4.83. The van der Waals surface area contributed by atoms with Crippen LogP contribution in [0.3, 0.4) is 0 Å². The van der Waals surface area contributed by atoms with Gasteiger partial charge in [0.05, 0.1) is 0 Å². The number of hydrogen-bond donors (Lipinski definition) is 0. The van der Waals surface area contributed by atoms with Crippen molar-refractivity contribution in [1.82, 2.24) is 15.0 Å². The van der Waals surface area contributed by atoms with Crippen LogP contribution in [0.25, 0.3) is 11.2 Å². The molecular formula is C13H16N4S. The molecule has 2 atom stereocenters. The molecule has 0 saturated carbocycles. The van der Waals surface area contributed by atoms with Crippen LogP contribution in [-0.2, 0) is 0 Å². The predicted molar refractivity (Wildman–Crippen MR) is 76.1 cm³/mol. The highest BCUT2D eigenvalue weighted by molar-refractivity contribution is 8.00. The summed E-state index contributed by atoms with van der Waals surface area (Å²) in [5, 5.41) is 0.637. The molecule has 3 heterocycles. The summed E-state index contributed by atoms with van der Waals surface area (Å²) < 4.78 is 0. The van der Waals surface area contributed by atoms with Crippen LogP contribution in [0.1, 0.15) is 13.8 Å². The van der Waals surface area contributed by atoms with Gasteiger partial charge in [-0.1, -0.05) is 6.92 Å². The fourth-order valence-electron chi connectivity index (χ4n) is 2.26. The topological polar surface area (TPSA) is 41.9 Å². The Labute approximate surface area is 111 Å². The molecule has 4 nitrogen and oxygen atoms in total. The number of fused-ring (bicyclic) bond motifs is 1. The third-order valence-electron chi connectivity index (χ3n) is 3.50. The second kappa shape index (κ2) is 4.72. The zero-order valence-electron chi connectivity index (χ0n) is 10.6. The summed E-state index contributed by atoms with van der Waals surface area (Å²) in [6.45, 7) is 5.59. The first-order chi connectivity index (χ1) is 8.75. The molecule has 0 spiro atoms. The Kier molecular flexibility index (Phi) is 3.07. The second-order valence-electron chi connectivity index (χ2n) is 4.58. The maximum Gasteiger partial charge on any atom is 0.180 e. The normalized spacial score (nSPS) is 24.4. The van der Waals surface area contributed by atoms with Crippen molar-refractivity contribution in [3.8, 4) is 0 Å². The molecule has 0 amide bonds. The lowest BCUT2D eigenvalue weighted by molar-refractivity contribution is 0.621. The Morgan fingerprint density at radius 3 is 2.94 bits per heavy atom. The van der Waals surface area contributed by atoms with Crippen molar-refractivity contribution in [3.63, 3.8) is 0 Å². The SMILES string of the molecule is CC1SCCN(c2ccc3nccnc3n2)C1C. The third kappa shape index (κ3) is 2.03. The van der Waals surface area contributed by atoms with Crippen molar-refractivity contribution in [1.29, 1.82) is 0 Å². The molecule has 2 aromatic heterocycles. The van der Waals surface area contributed by atoms with E-state index in [9.17, 15) is 0 Å². The number of anilines is 1. The van der Waals surface area contributed by atoms with Gasteiger partial charge in [-0.05, 0) is 19.1 Å². The Hall–Kier alpha value is -1.36. The van der Waals surface area contributed by atoms with E-state index in [-0.39, 0.29) is 0 Å². The molecule has 2 unspecified atom stereocenters. The Bertz CT molecular complexity index is 559. The molecule has 0 aromatic carbocycles. The van der Waals surface area contributed by atoms with Crippen LogP contribution >= 0.6 is 11.8 Å². The summed E-state index contributed by atoms with van der Waals surface area (Å²) in [5.41, 5.74) is 1.58. The highest BCUT2D eigenvalue weighted by atomic mass is 32.2. The molecule has 18 heavy (non-hydrogen) atoms. The smallest absolute Gasteiger partial charge is 0.180 e. The van der Waals surface area contributed by atoms with Crippen LogP contribution in [0.5, 0.6) is 0 Å². The summed E-state index contributed by atoms with van der Waals surface area (Å²) in [6.07, 6.45) is 3.39. The lowest BCUT2D eigenvalue weighted by Gasteiger charge is -2.38. The molecule has 1 aliphatic heterocycles.